The van der Waals surface area contributed by atoms with Gasteiger partial charge in [-0.1, -0.05) is 20.8 Å². The van der Waals surface area contributed by atoms with E-state index in [1.54, 1.807) is 0 Å². The van der Waals surface area contributed by atoms with Gasteiger partial charge in [0.1, 0.15) is 0 Å². The lowest BCUT2D eigenvalue weighted by Gasteiger charge is -2.32. The summed E-state index contributed by atoms with van der Waals surface area (Å²) in [6, 6.07) is 0. The predicted octanol–water partition coefficient (Wildman–Crippen LogP) is 2.92. The van der Waals surface area contributed by atoms with Gasteiger partial charge >= 0.3 is 0 Å². The Morgan fingerprint density at radius 2 is 1.75 bits per heavy atom. The van der Waals surface area contributed by atoms with Gasteiger partial charge in [-0.3, -0.25) is 0 Å². The molecule has 2 rings (SSSR count). The van der Waals surface area contributed by atoms with Gasteiger partial charge in [-0.05, 0) is 52.0 Å². The van der Waals surface area contributed by atoms with E-state index in [9.17, 15) is 5.11 Å². The van der Waals surface area contributed by atoms with Gasteiger partial charge in [0.15, 0.2) is 0 Å². The first-order valence-electron chi connectivity index (χ1n) is 8.04. The van der Waals surface area contributed by atoms with Crippen molar-refractivity contribution in [3.05, 3.63) is 0 Å². The van der Waals surface area contributed by atoms with Crippen LogP contribution in [0.1, 0.15) is 54.9 Å². The summed E-state index contributed by atoms with van der Waals surface area (Å²) >= 11 is 0. The monoisotopic (exact) mass is 283 g/mol. The molecule has 3 nitrogen and oxygen atoms in total. The number of rotatable bonds is 2. The molecule has 0 radical (unpaired) electrons. The molecule has 20 heavy (non-hydrogen) atoms. The number of ether oxygens (including phenoxy) is 1. The zero-order valence-electron chi connectivity index (χ0n) is 14.4. The highest BCUT2D eigenvalue weighted by molar-refractivity contribution is 5.03. The third-order valence-electron chi connectivity index (χ3n) is 5.46. The molecule has 2 aliphatic rings. The summed E-state index contributed by atoms with van der Waals surface area (Å²) in [5.41, 5.74) is -0.297. The maximum Gasteiger partial charge on any atom is 0.0896 e. The second-order valence-corrected chi connectivity index (χ2v) is 8.97. The molecule has 3 heteroatoms. The first-order valence-corrected chi connectivity index (χ1v) is 8.04. The van der Waals surface area contributed by atoms with Crippen LogP contribution in [-0.2, 0) is 4.74 Å². The van der Waals surface area contributed by atoms with Gasteiger partial charge in [0.05, 0.1) is 17.3 Å². The van der Waals surface area contributed by atoms with Crippen molar-refractivity contribution in [2.75, 3.05) is 19.6 Å². The van der Waals surface area contributed by atoms with Crippen LogP contribution in [0, 0.1) is 17.3 Å². The Hall–Kier alpha value is -0.120. The van der Waals surface area contributed by atoms with Gasteiger partial charge in [-0.25, -0.2) is 0 Å². The van der Waals surface area contributed by atoms with E-state index in [1.807, 2.05) is 13.8 Å². The Bertz CT molecular complexity index is 356. The minimum Gasteiger partial charge on any atom is -0.390 e. The van der Waals surface area contributed by atoms with Crippen LogP contribution in [0.4, 0.5) is 0 Å². The number of likely N-dealkylation sites (tertiary alicyclic amines) is 1. The highest BCUT2D eigenvalue weighted by Gasteiger charge is 2.53. The van der Waals surface area contributed by atoms with Gasteiger partial charge in [0, 0.05) is 19.0 Å². The van der Waals surface area contributed by atoms with E-state index in [-0.39, 0.29) is 17.6 Å². The maximum atomic E-state index is 10.6. The van der Waals surface area contributed by atoms with Gasteiger partial charge in [0.25, 0.3) is 0 Å². The quantitative estimate of drug-likeness (QED) is 0.846. The molecular formula is C17H33NO2. The molecule has 2 aliphatic heterocycles. The summed E-state index contributed by atoms with van der Waals surface area (Å²) in [7, 11) is 0. The fourth-order valence-electron chi connectivity index (χ4n) is 3.98. The van der Waals surface area contributed by atoms with Crippen LogP contribution >= 0.6 is 0 Å². The third-order valence-corrected chi connectivity index (χ3v) is 5.46. The Kier molecular flexibility index (Phi) is 4.03. The van der Waals surface area contributed by atoms with Crippen LogP contribution in [0.5, 0.6) is 0 Å². The summed E-state index contributed by atoms with van der Waals surface area (Å²) in [6.07, 6.45) is 0.892. The van der Waals surface area contributed by atoms with Crippen LogP contribution in [0.25, 0.3) is 0 Å². The van der Waals surface area contributed by atoms with Gasteiger partial charge in [-0.15, -0.1) is 0 Å². The fraction of sp³-hybridized carbons (Fsp3) is 1.00. The van der Waals surface area contributed by atoms with Crippen LogP contribution in [0.3, 0.4) is 0 Å². The third kappa shape index (κ3) is 3.05. The molecule has 2 saturated heterocycles. The Balaban J connectivity index is 2.01. The zero-order chi connectivity index (χ0) is 15.3. The molecule has 3 unspecified atom stereocenters. The van der Waals surface area contributed by atoms with Crippen molar-refractivity contribution >= 4 is 0 Å². The molecule has 0 amide bonds. The Morgan fingerprint density at radius 3 is 2.15 bits per heavy atom. The van der Waals surface area contributed by atoms with Crippen molar-refractivity contribution in [2.45, 2.75) is 72.2 Å². The fourth-order valence-corrected chi connectivity index (χ4v) is 3.98. The van der Waals surface area contributed by atoms with Gasteiger partial charge in [0.2, 0.25) is 0 Å². The van der Waals surface area contributed by atoms with Gasteiger partial charge in [-0.2, -0.15) is 0 Å². The van der Waals surface area contributed by atoms with E-state index in [0.29, 0.717) is 5.41 Å². The lowest BCUT2D eigenvalue weighted by atomic mass is 9.80. The number of hydrogen-bond donors (Lipinski definition) is 1. The first-order chi connectivity index (χ1) is 8.93. The SMILES string of the molecule is CC(C)(C)C1CCN(CC2C(O)C(C)(C)OC2(C)C)C1. The molecule has 0 saturated carbocycles. The molecule has 0 aromatic carbocycles. The van der Waals surface area contributed by atoms with Crippen molar-refractivity contribution in [2.24, 2.45) is 17.3 Å². The van der Waals surface area contributed by atoms with Crippen LogP contribution < -0.4 is 0 Å². The Morgan fingerprint density at radius 1 is 1.15 bits per heavy atom. The van der Waals surface area contributed by atoms with E-state index < -0.39 is 5.60 Å². The standard InChI is InChI=1S/C17H33NO2/c1-15(2,3)12-8-9-18(10-12)11-13-14(19)17(6,7)20-16(13,4)5/h12-14,19H,8-11H2,1-7H3. The smallest absolute Gasteiger partial charge is 0.0896 e. The summed E-state index contributed by atoms with van der Waals surface area (Å²) in [5.74, 6) is 0.953. The molecule has 0 aromatic rings. The maximum absolute atomic E-state index is 10.6. The second kappa shape index (κ2) is 4.96. The van der Waals surface area contributed by atoms with Crippen LogP contribution in [-0.4, -0.2) is 46.9 Å². The van der Waals surface area contributed by atoms with Crippen LogP contribution in [0.15, 0.2) is 0 Å². The minimum atomic E-state index is -0.433. The van der Waals surface area contributed by atoms with E-state index in [0.717, 1.165) is 25.6 Å². The molecule has 0 spiro atoms. The average Bonchev–Trinajstić information content (AvgIpc) is 2.75. The lowest BCUT2D eigenvalue weighted by Crippen LogP contribution is -2.43. The number of nitrogens with zero attached hydrogens (tertiary/aromatic N) is 1. The molecule has 118 valence electrons. The molecule has 2 heterocycles. The van der Waals surface area contributed by atoms with E-state index >= 15 is 0 Å². The topological polar surface area (TPSA) is 32.7 Å². The van der Waals surface area contributed by atoms with Crippen molar-refractivity contribution < 1.29 is 9.84 Å². The van der Waals surface area contributed by atoms with Crippen LogP contribution in [0.2, 0.25) is 0 Å². The summed E-state index contributed by atoms with van der Waals surface area (Å²) in [6.45, 7) is 18.5. The zero-order valence-corrected chi connectivity index (χ0v) is 14.4. The number of hydrogen-bond acceptors (Lipinski definition) is 3. The number of aliphatic hydroxyl groups excluding tert-OH is 1. The minimum absolute atomic E-state index is 0.191. The lowest BCUT2D eigenvalue weighted by molar-refractivity contribution is -0.0912. The largest absolute Gasteiger partial charge is 0.390 e. The molecule has 1 N–H and O–H groups in total. The normalized spacial score (nSPS) is 37.5. The summed E-state index contributed by atoms with van der Waals surface area (Å²) in [5, 5.41) is 10.6. The van der Waals surface area contributed by atoms with Crippen molar-refractivity contribution in [1.29, 1.82) is 0 Å². The highest BCUT2D eigenvalue weighted by Crippen LogP contribution is 2.43. The second-order valence-electron chi connectivity index (χ2n) is 8.97. The molecule has 0 bridgehead atoms. The Labute approximate surface area is 124 Å². The molecule has 3 atom stereocenters. The molecule has 0 aliphatic carbocycles. The van der Waals surface area contributed by atoms with Crippen molar-refractivity contribution in [3.8, 4) is 0 Å². The number of aliphatic hydroxyl groups is 1. The average molecular weight is 283 g/mol. The molecule has 0 aromatic heterocycles. The summed E-state index contributed by atoms with van der Waals surface area (Å²) in [4.78, 5) is 2.52. The summed E-state index contributed by atoms with van der Waals surface area (Å²) < 4.78 is 6.09. The molecular weight excluding hydrogens is 250 g/mol. The predicted molar refractivity (Wildman–Crippen MR) is 82.7 cm³/mol. The van der Waals surface area contributed by atoms with E-state index in [1.165, 1.54) is 6.42 Å². The van der Waals surface area contributed by atoms with E-state index in [2.05, 4.69) is 39.5 Å². The highest BCUT2D eigenvalue weighted by atomic mass is 16.5. The molecule has 2 fully saturated rings. The van der Waals surface area contributed by atoms with Crippen molar-refractivity contribution in [3.63, 3.8) is 0 Å². The van der Waals surface area contributed by atoms with Gasteiger partial charge < -0.3 is 14.7 Å². The van der Waals surface area contributed by atoms with Crippen molar-refractivity contribution in [1.82, 2.24) is 4.90 Å². The van der Waals surface area contributed by atoms with E-state index in [4.69, 9.17) is 4.74 Å². The first kappa shape index (κ1) is 16.3.